The summed E-state index contributed by atoms with van der Waals surface area (Å²) in [5.41, 5.74) is 6.85. The molecule has 1 aliphatic carbocycles. The van der Waals surface area contributed by atoms with Crippen LogP contribution < -0.4 is 16.4 Å². The van der Waals surface area contributed by atoms with Crippen LogP contribution in [0.15, 0.2) is 29.3 Å². The Labute approximate surface area is 151 Å². The molecule has 0 spiro atoms. The summed E-state index contributed by atoms with van der Waals surface area (Å²) in [6.45, 7) is 6.82. The summed E-state index contributed by atoms with van der Waals surface area (Å²) in [6.07, 6.45) is 6.71. The zero-order valence-electron chi connectivity index (χ0n) is 15.6. The van der Waals surface area contributed by atoms with Gasteiger partial charge >= 0.3 is 0 Å². The van der Waals surface area contributed by atoms with E-state index in [0.717, 1.165) is 36.4 Å². The lowest BCUT2D eigenvalue weighted by molar-refractivity contribution is 0.100. The summed E-state index contributed by atoms with van der Waals surface area (Å²) in [7, 11) is 0. The zero-order chi connectivity index (χ0) is 18.1. The van der Waals surface area contributed by atoms with E-state index in [1.165, 1.54) is 32.1 Å². The minimum atomic E-state index is -0.401. The third kappa shape index (κ3) is 6.77. The van der Waals surface area contributed by atoms with Gasteiger partial charge in [-0.3, -0.25) is 4.79 Å². The largest absolute Gasteiger partial charge is 0.366 e. The molecule has 0 saturated heterocycles. The molecule has 25 heavy (non-hydrogen) atoms. The smallest absolute Gasteiger partial charge is 0.248 e. The first-order chi connectivity index (χ1) is 12.1. The number of amides is 1. The number of nitrogens with two attached hydrogens (primary N) is 1. The number of carbonyl (C=O) groups excluding carboxylic acids is 1. The summed E-state index contributed by atoms with van der Waals surface area (Å²) in [4.78, 5) is 15.7. The molecule has 1 aliphatic rings. The molecule has 1 fully saturated rings. The fourth-order valence-corrected chi connectivity index (χ4v) is 3.50. The Morgan fingerprint density at radius 3 is 2.64 bits per heavy atom. The minimum Gasteiger partial charge on any atom is -0.366 e. The van der Waals surface area contributed by atoms with E-state index in [4.69, 9.17) is 5.73 Å². The van der Waals surface area contributed by atoms with Crippen LogP contribution >= 0.6 is 0 Å². The van der Waals surface area contributed by atoms with Gasteiger partial charge in [0.2, 0.25) is 5.91 Å². The van der Waals surface area contributed by atoms with E-state index >= 15 is 0 Å². The van der Waals surface area contributed by atoms with Gasteiger partial charge in [-0.1, -0.05) is 38.3 Å². The number of guanidine groups is 1. The molecule has 2 unspecified atom stereocenters. The summed E-state index contributed by atoms with van der Waals surface area (Å²) in [6, 6.07) is 7.29. The molecule has 1 saturated carbocycles. The molecule has 138 valence electrons. The molecular formula is C20H32N4O. The van der Waals surface area contributed by atoms with Gasteiger partial charge in [0.1, 0.15) is 0 Å². The molecule has 0 heterocycles. The van der Waals surface area contributed by atoms with Gasteiger partial charge in [-0.2, -0.15) is 0 Å². The van der Waals surface area contributed by atoms with E-state index in [2.05, 4.69) is 29.5 Å². The number of carbonyl (C=O) groups is 1. The standard InChI is InChI=1S/C20H32N4O/c1-3-22-20(23-12-11-16-6-4-5-15(2)13-16)24-14-17-7-9-18(10-8-17)19(21)25/h7-10,15-16H,3-6,11-14H2,1-2H3,(H2,21,25)(H2,22,23,24). The van der Waals surface area contributed by atoms with Gasteiger partial charge in [0.25, 0.3) is 0 Å². The van der Waals surface area contributed by atoms with Crippen LogP contribution in [-0.2, 0) is 6.54 Å². The lowest BCUT2D eigenvalue weighted by Gasteiger charge is -2.26. The second-order valence-corrected chi connectivity index (χ2v) is 7.11. The normalized spacial score (nSPS) is 21.0. The quantitative estimate of drug-likeness (QED) is 0.525. The van der Waals surface area contributed by atoms with Crippen LogP contribution in [0.1, 0.15) is 61.9 Å². The number of primary amides is 1. The lowest BCUT2D eigenvalue weighted by atomic mass is 9.81. The summed E-state index contributed by atoms with van der Waals surface area (Å²) < 4.78 is 0. The van der Waals surface area contributed by atoms with Crippen molar-refractivity contribution in [1.82, 2.24) is 10.6 Å². The average Bonchev–Trinajstić information content (AvgIpc) is 2.60. The highest BCUT2D eigenvalue weighted by Gasteiger charge is 2.18. The van der Waals surface area contributed by atoms with Gasteiger partial charge in [-0.15, -0.1) is 0 Å². The summed E-state index contributed by atoms with van der Waals surface area (Å²) in [5, 5.41) is 6.74. The number of benzene rings is 1. The number of rotatable bonds is 7. The molecule has 0 bridgehead atoms. The summed E-state index contributed by atoms with van der Waals surface area (Å²) in [5.74, 6) is 2.18. The van der Waals surface area contributed by atoms with E-state index in [1.54, 1.807) is 12.1 Å². The highest BCUT2D eigenvalue weighted by atomic mass is 16.1. The van der Waals surface area contributed by atoms with Crippen LogP contribution in [0.2, 0.25) is 0 Å². The number of nitrogens with one attached hydrogen (secondary N) is 2. The molecule has 2 rings (SSSR count). The van der Waals surface area contributed by atoms with Gasteiger partial charge in [-0.25, -0.2) is 4.99 Å². The maximum Gasteiger partial charge on any atom is 0.248 e. The first kappa shape index (κ1) is 19.3. The highest BCUT2D eigenvalue weighted by molar-refractivity contribution is 5.92. The molecule has 1 aromatic carbocycles. The minimum absolute atomic E-state index is 0.401. The molecule has 5 nitrogen and oxygen atoms in total. The molecule has 0 radical (unpaired) electrons. The molecule has 4 N–H and O–H groups in total. The van der Waals surface area contributed by atoms with Crippen LogP contribution in [0.25, 0.3) is 0 Å². The van der Waals surface area contributed by atoms with Crippen LogP contribution in [0.4, 0.5) is 0 Å². The maximum atomic E-state index is 11.1. The maximum absolute atomic E-state index is 11.1. The van der Waals surface area contributed by atoms with Crippen molar-refractivity contribution in [2.75, 3.05) is 13.1 Å². The van der Waals surface area contributed by atoms with Crippen LogP contribution in [0, 0.1) is 11.8 Å². The topological polar surface area (TPSA) is 79.5 Å². The molecule has 5 heteroatoms. The average molecular weight is 345 g/mol. The van der Waals surface area contributed by atoms with Gasteiger partial charge in [-0.05, 0) is 49.3 Å². The molecule has 1 aromatic rings. The Kier molecular flexibility index (Phi) is 7.76. The molecule has 0 aliphatic heterocycles. The predicted octanol–water partition coefficient (Wildman–Crippen LogP) is 3.06. The molecule has 1 amide bonds. The van der Waals surface area contributed by atoms with Crippen molar-refractivity contribution < 1.29 is 4.79 Å². The second-order valence-electron chi connectivity index (χ2n) is 7.11. The van der Waals surface area contributed by atoms with Crippen molar-refractivity contribution in [2.45, 2.75) is 52.5 Å². The number of aliphatic imine (C=N–C) groups is 1. The van der Waals surface area contributed by atoms with Crippen LogP contribution in [0.3, 0.4) is 0 Å². The van der Waals surface area contributed by atoms with Crippen LogP contribution in [-0.4, -0.2) is 25.0 Å². The van der Waals surface area contributed by atoms with Crippen molar-refractivity contribution >= 4 is 11.9 Å². The number of hydrogen-bond donors (Lipinski definition) is 3. The van der Waals surface area contributed by atoms with Crippen molar-refractivity contribution in [3.63, 3.8) is 0 Å². The van der Waals surface area contributed by atoms with Crippen molar-refractivity contribution in [2.24, 2.45) is 22.6 Å². The summed E-state index contributed by atoms with van der Waals surface area (Å²) >= 11 is 0. The van der Waals surface area contributed by atoms with Crippen LogP contribution in [0.5, 0.6) is 0 Å². The van der Waals surface area contributed by atoms with E-state index in [0.29, 0.717) is 12.1 Å². The van der Waals surface area contributed by atoms with E-state index < -0.39 is 5.91 Å². The molecular weight excluding hydrogens is 312 g/mol. The van der Waals surface area contributed by atoms with Crippen molar-refractivity contribution in [3.05, 3.63) is 35.4 Å². The first-order valence-corrected chi connectivity index (χ1v) is 9.49. The third-order valence-electron chi connectivity index (χ3n) is 4.89. The Morgan fingerprint density at radius 2 is 2.00 bits per heavy atom. The van der Waals surface area contributed by atoms with E-state index in [1.807, 2.05) is 12.1 Å². The van der Waals surface area contributed by atoms with Gasteiger partial charge in [0.15, 0.2) is 5.96 Å². The monoisotopic (exact) mass is 344 g/mol. The molecule has 2 atom stereocenters. The van der Waals surface area contributed by atoms with E-state index in [9.17, 15) is 4.79 Å². The van der Waals surface area contributed by atoms with E-state index in [-0.39, 0.29) is 0 Å². The second kappa shape index (κ2) is 10.1. The van der Waals surface area contributed by atoms with Gasteiger partial charge < -0.3 is 16.4 Å². The SMILES string of the molecule is CCNC(=NCc1ccc(C(N)=O)cc1)NCCC1CCCC(C)C1. The Bertz CT molecular complexity index is 568. The zero-order valence-corrected chi connectivity index (χ0v) is 15.6. The van der Waals surface area contributed by atoms with Crippen molar-refractivity contribution in [1.29, 1.82) is 0 Å². The highest BCUT2D eigenvalue weighted by Crippen LogP contribution is 2.30. The Hall–Kier alpha value is -2.04. The van der Waals surface area contributed by atoms with Crippen molar-refractivity contribution in [3.8, 4) is 0 Å². The van der Waals surface area contributed by atoms with Gasteiger partial charge in [0.05, 0.1) is 6.54 Å². The third-order valence-corrected chi connectivity index (χ3v) is 4.89. The number of hydrogen-bond acceptors (Lipinski definition) is 2. The van der Waals surface area contributed by atoms with Gasteiger partial charge in [0, 0.05) is 18.7 Å². The fraction of sp³-hybridized carbons (Fsp3) is 0.600. The predicted molar refractivity (Wildman–Crippen MR) is 104 cm³/mol. The number of nitrogens with zero attached hydrogens (tertiary/aromatic N) is 1. The first-order valence-electron chi connectivity index (χ1n) is 9.49. The Morgan fingerprint density at radius 1 is 1.24 bits per heavy atom. The molecule has 0 aromatic heterocycles. The fourth-order valence-electron chi connectivity index (χ4n) is 3.50. The Balaban J connectivity index is 1.81. The lowest BCUT2D eigenvalue weighted by Crippen LogP contribution is -2.38.